The Bertz CT molecular complexity index is 862. The van der Waals surface area contributed by atoms with Gasteiger partial charge in [-0.25, -0.2) is 0 Å². The van der Waals surface area contributed by atoms with Crippen molar-refractivity contribution in [2.24, 2.45) is 0 Å². The quantitative estimate of drug-likeness (QED) is 0.650. The lowest BCUT2D eigenvalue weighted by molar-refractivity contribution is -0.113. The zero-order chi connectivity index (χ0) is 18.0. The van der Waals surface area contributed by atoms with Crippen molar-refractivity contribution in [1.29, 1.82) is 0 Å². The van der Waals surface area contributed by atoms with Gasteiger partial charge in [0.1, 0.15) is 17.2 Å². The number of benzene rings is 2. The van der Waals surface area contributed by atoms with Crippen LogP contribution in [0.25, 0.3) is 6.08 Å². The van der Waals surface area contributed by atoms with Gasteiger partial charge in [-0.05, 0) is 42.5 Å². The minimum absolute atomic E-state index is 0.0362. The van der Waals surface area contributed by atoms with Gasteiger partial charge in [0.25, 0.3) is 5.91 Å². The molecule has 2 aromatic carbocycles. The number of amides is 1. The van der Waals surface area contributed by atoms with Crippen molar-refractivity contribution in [1.82, 2.24) is 0 Å². The number of phenols is 1. The molecule has 3 rings (SSSR count). The van der Waals surface area contributed by atoms with E-state index in [2.05, 4.69) is 0 Å². The molecule has 1 aliphatic rings. The van der Waals surface area contributed by atoms with Crippen molar-refractivity contribution in [3.8, 4) is 17.2 Å². The standard InChI is InChI=1S/C18H15NO4S2/c1-22-13-7-4-12(5-8-13)19-17(21)16(25-18(19)24)9-11-3-6-14(23-2)10-15(11)20/h3-10,20H,1-2H3/b16-9-. The summed E-state index contributed by atoms with van der Waals surface area (Å²) in [6, 6.07) is 12.0. The van der Waals surface area contributed by atoms with Gasteiger partial charge in [0.2, 0.25) is 0 Å². The molecule has 2 aromatic rings. The van der Waals surface area contributed by atoms with E-state index in [9.17, 15) is 9.90 Å². The number of anilines is 1. The van der Waals surface area contributed by atoms with Crippen LogP contribution in [0, 0.1) is 0 Å². The summed E-state index contributed by atoms with van der Waals surface area (Å²) in [5.41, 5.74) is 1.20. The number of nitrogens with zero attached hydrogens (tertiary/aromatic N) is 1. The zero-order valence-corrected chi connectivity index (χ0v) is 15.2. The van der Waals surface area contributed by atoms with Crippen molar-refractivity contribution >= 4 is 46.0 Å². The molecule has 0 radical (unpaired) electrons. The summed E-state index contributed by atoms with van der Waals surface area (Å²) >= 11 is 6.54. The van der Waals surface area contributed by atoms with Crippen LogP contribution in [0.4, 0.5) is 5.69 Å². The summed E-state index contributed by atoms with van der Waals surface area (Å²) in [5, 5.41) is 10.1. The average molecular weight is 373 g/mol. The maximum absolute atomic E-state index is 12.7. The van der Waals surface area contributed by atoms with E-state index >= 15 is 0 Å². The van der Waals surface area contributed by atoms with Crippen LogP contribution in [-0.4, -0.2) is 29.6 Å². The molecule has 7 heteroatoms. The van der Waals surface area contributed by atoms with Crippen molar-refractivity contribution < 1.29 is 19.4 Å². The van der Waals surface area contributed by atoms with E-state index in [1.54, 1.807) is 49.6 Å². The molecule has 1 N–H and O–H groups in total. The van der Waals surface area contributed by atoms with Gasteiger partial charge in [0, 0.05) is 11.6 Å². The molecule has 0 spiro atoms. The number of thiocarbonyl (C=S) groups is 1. The van der Waals surface area contributed by atoms with Gasteiger partial charge < -0.3 is 14.6 Å². The van der Waals surface area contributed by atoms with E-state index in [4.69, 9.17) is 21.7 Å². The van der Waals surface area contributed by atoms with Crippen LogP contribution in [0.1, 0.15) is 5.56 Å². The van der Waals surface area contributed by atoms with Crippen molar-refractivity contribution in [3.05, 3.63) is 52.9 Å². The first-order valence-corrected chi connectivity index (χ1v) is 8.55. The molecule has 0 aliphatic carbocycles. The molecule has 128 valence electrons. The van der Waals surface area contributed by atoms with E-state index < -0.39 is 0 Å². The van der Waals surface area contributed by atoms with Crippen LogP contribution in [0.15, 0.2) is 47.4 Å². The molecule has 1 heterocycles. The monoisotopic (exact) mass is 373 g/mol. The van der Waals surface area contributed by atoms with Crippen molar-refractivity contribution in [3.63, 3.8) is 0 Å². The molecule has 1 saturated heterocycles. The van der Waals surface area contributed by atoms with Crippen molar-refractivity contribution in [2.45, 2.75) is 0 Å². The fraction of sp³-hybridized carbons (Fsp3) is 0.111. The minimum Gasteiger partial charge on any atom is -0.507 e. The predicted molar refractivity (Wildman–Crippen MR) is 103 cm³/mol. The third kappa shape index (κ3) is 3.47. The largest absolute Gasteiger partial charge is 0.507 e. The highest BCUT2D eigenvalue weighted by Crippen LogP contribution is 2.37. The second kappa shape index (κ2) is 7.16. The summed E-state index contributed by atoms with van der Waals surface area (Å²) in [5.74, 6) is 1.05. The maximum Gasteiger partial charge on any atom is 0.270 e. The van der Waals surface area contributed by atoms with E-state index in [-0.39, 0.29) is 11.7 Å². The maximum atomic E-state index is 12.7. The molecule has 1 fully saturated rings. The Labute approximate surface area is 154 Å². The Morgan fingerprint density at radius 1 is 1.08 bits per heavy atom. The summed E-state index contributed by atoms with van der Waals surface area (Å²) in [4.78, 5) is 14.6. The highest BCUT2D eigenvalue weighted by atomic mass is 32.2. The fourth-order valence-corrected chi connectivity index (χ4v) is 3.63. The average Bonchev–Trinajstić information content (AvgIpc) is 2.90. The number of phenolic OH excluding ortho intramolecular Hbond substituents is 1. The lowest BCUT2D eigenvalue weighted by Crippen LogP contribution is -2.27. The Morgan fingerprint density at radius 2 is 1.72 bits per heavy atom. The fourth-order valence-electron chi connectivity index (χ4n) is 2.34. The smallest absolute Gasteiger partial charge is 0.270 e. The number of methoxy groups -OCH3 is 2. The predicted octanol–water partition coefficient (Wildman–Crippen LogP) is 3.82. The van der Waals surface area contributed by atoms with E-state index in [0.29, 0.717) is 32.0 Å². The van der Waals surface area contributed by atoms with Crippen LogP contribution < -0.4 is 14.4 Å². The van der Waals surface area contributed by atoms with Crippen LogP contribution in [0.3, 0.4) is 0 Å². The summed E-state index contributed by atoms with van der Waals surface area (Å²) < 4.78 is 10.6. The number of rotatable bonds is 4. The van der Waals surface area contributed by atoms with Gasteiger partial charge in [-0.2, -0.15) is 0 Å². The molecule has 5 nitrogen and oxygen atoms in total. The number of aromatic hydroxyl groups is 1. The Hall–Kier alpha value is -2.51. The first-order chi connectivity index (χ1) is 12.0. The first-order valence-electron chi connectivity index (χ1n) is 7.32. The SMILES string of the molecule is COc1ccc(N2C(=O)/C(=C/c3ccc(OC)cc3O)SC2=S)cc1. The van der Waals surface area contributed by atoms with Crippen LogP contribution in [-0.2, 0) is 4.79 Å². The molecule has 0 atom stereocenters. The van der Waals surface area contributed by atoms with Gasteiger partial charge in [-0.15, -0.1) is 0 Å². The first kappa shape index (κ1) is 17.3. The molecular formula is C18H15NO4S2. The molecule has 25 heavy (non-hydrogen) atoms. The lowest BCUT2D eigenvalue weighted by Gasteiger charge is -2.14. The lowest BCUT2D eigenvalue weighted by atomic mass is 10.1. The number of hydrogen-bond donors (Lipinski definition) is 1. The third-order valence-corrected chi connectivity index (χ3v) is 4.95. The van der Waals surface area contributed by atoms with Gasteiger partial charge in [-0.1, -0.05) is 24.0 Å². The highest BCUT2D eigenvalue weighted by molar-refractivity contribution is 8.27. The molecule has 0 unspecified atom stereocenters. The second-order valence-corrected chi connectivity index (χ2v) is 6.82. The molecule has 0 bridgehead atoms. The number of thioether (sulfide) groups is 1. The van der Waals surface area contributed by atoms with Gasteiger partial charge in [-0.3, -0.25) is 9.69 Å². The van der Waals surface area contributed by atoms with E-state index in [1.807, 2.05) is 0 Å². The zero-order valence-electron chi connectivity index (χ0n) is 13.6. The summed E-state index contributed by atoms with van der Waals surface area (Å²) in [6.45, 7) is 0. The highest BCUT2D eigenvalue weighted by Gasteiger charge is 2.33. The Kier molecular flexibility index (Phi) is 4.96. The summed E-state index contributed by atoms with van der Waals surface area (Å²) in [6.07, 6.45) is 1.62. The van der Waals surface area contributed by atoms with E-state index in [1.165, 1.54) is 29.8 Å². The molecule has 0 aromatic heterocycles. The van der Waals surface area contributed by atoms with Gasteiger partial charge in [0.15, 0.2) is 4.32 Å². The van der Waals surface area contributed by atoms with Gasteiger partial charge in [0.05, 0.1) is 24.8 Å². The third-order valence-electron chi connectivity index (χ3n) is 3.65. The number of carbonyl (C=O) groups excluding carboxylic acids is 1. The van der Waals surface area contributed by atoms with Crippen LogP contribution in [0.5, 0.6) is 17.2 Å². The number of hydrogen-bond acceptors (Lipinski definition) is 6. The second-order valence-electron chi connectivity index (χ2n) is 5.14. The number of ether oxygens (including phenoxy) is 2. The van der Waals surface area contributed by atoms with Gasteiger partial charge >= 0.3 is 0 Å². The topological polar surface area (TPSA) is 59.0 Å². The van der Waals surface area contributed by atoms with Crippen molar-refractivity contribution in [2.75, 3.05) is 19.1 Å². The number of carbonyl (C=O) groups is 1. The van der Waals surface area contributed by atoms with E-state index in [0.717, 1.165) is 0 Å². The van der Waals surface area contributed by atoms with Crippen LogP contribution in [0.2, 0.25) is 0 Å². The molecular weight excluding hydrogens is 358 g/mol. The normalized spacial score (nSPS) is 15.8. The molecule has 1 aliphatic heterocycles. The summed E-state index contributed by atoms with van der Waals surface area (Å²) in [7, 11) is 3.10. The Balaban J connectivity index is 1.90. The molecule has 0 saturated carbocycles. The minimum atomic E-state index is -0.226. The Morgan fingerprint density at radius 3 is 2.32 bits per heavy atom. The molecule has 1 amide bonds. The van der Waals surface area contributed by atoms with Crippen LogP contribution >= 0.6 is 24.0 Å².